The lowest BCUT2D eigenvalue weighted by Gasteiger charge is -2.34. The van der Waals surface area contributed by atoms with E-state index in [-0.39, 0.29) is 18.7 Å². The molecule has 0 aromatic heterocycles. The van der Waals surface area contributed by atoms with Crippen LogP contribution >= 0.6 is 0 Å². The summed E-state index contributed by atoms with van der Waals surface area (Å²) in [5.41, 5.74) is 1.12. The van der Waals surface area contributed by atoms with Crippen molar-refractivity contribution in [3.05, 3.63) is 42.0 Å². The molecule has 0 radical (unpaired) electrons. The van der Waals surface area contributed by atoms with Crippen molar-refractivity contribution in [2.45, 2.75) is 25.3 Å². The minimum Gasteiger partial charge on any atom is -0.394 e. The van der Waals surface area contributed by atoms with Crippen LogP contribution in [-0.4, -0.2) is 41.8 Å². The van der Waals surface area contributed by atoms with Crippen molar-refractivity contribution in [2.75, 3.05) is 19.7 Å². The van der Waals surface area contributed by atoms with Crippen LogP contribution in [0.2, 0.25) is 0 Å². The minimum atomic E-state index is -0.0820. The average molecular weight is 274 g/mol. The van der Waals surface area contributed by atoms with Gasteiger partial charge in [0, 0.05) is 13.1 Å². The lowest BCUT2D eigenvalue weighted by molar-refractivity contribution is 0.108. The Balaban J connectivity index is 1.78. The van der Waals surface area contributed by atoms with E-state index in [0.717, 1.165) is 31.4 Å². The van der Waals surface area contributed by atoms with Gasteiger partial charge in [-0.1, -0.05) is 42.5 Å². The summed E-state index contributed by atoms with van der Waals surface area (Å²) in [5, 5.41) is 12.2. The van der Waals surface area contributed by atoms with Crippen LogP contribution in [0.5, 0.6) is 0 Å². The Morgan fingerprint density at radius 2 is 2.15 bits per heavy atom. The second-order valence-electron chi connectivity index (χ2n) is 5.02. The van der Waals surface area contributed by atoms with Gasteiger partial charge in [0.25, 0.3) is 0 Å². The summed E-state index contributed by atoms with van der Waals surface area (Å²) in [6.07, 6.45) is 6.92. The van der Waals surface area contributed by atoms with Crippen molar-refractivity contribution in [3.63, 3.8) is 0 Å². The number of aliphatic hydroxyl groups excluding tert-OH is 1. The zero-order valence-corrected chi connectivity index (χ0v) is 11.7. The quantitative estimate of drug-likeness (QED) is 0.885. The molecule has 0 spiro atoms. The maximum atomic E-state index is 12.0. The van der Waals surface area contributed by atoms with Crippen LogP contribution in [-0.2, 0) is 0 Å². The summed E-state index contributed by atoms with van der Waals surface area (Å²) < 4.78 is 0. The Labute approximate surface area is 120 Å². The van der Waals surface area contributed by atoms with Crippen LogP contribution in [0, 0.1) is 0 Å². The summed E-state index contributed by atoms with van der Waals surface area (Å²) >= 11 is 0. The third-order valence-electron chi connectivity index (χ3n) is 3.58. The summed E-state index contributed by atoms with van der Waals surface area (Å²) in [7, 11) is 0. The number of urea groups is 1. The van der Waals surface area contributed by atoms with Gasteiger partial charge < -0.3 is 15.3 Å². The van der Waals surface area contributed by atoms with Crippen molar-refractivity contribution < 1.29 is 9.90 Å². The molecule has 2 N–H and O–H groups in total. The smallest absolute Gasteiger partial charge is 0.317 e. The van der Waals surface area contributed by atoms with E-state index in [2.05, 4.69) is 5.32 Å². The zero-order valence-electron chi connectivity index (χ0n) is 11.7. The van der Waals surface area contributed by atoms with Crippen molar-refractivity contribution in [3.8, 4) is 0 Å². The number of piperidine rings is 1. The van der Waals surface area contributed by atoms with E-state index >= 15 is 0 Å². The summed E-state index contributed by atoms with van der Waals surface area (Å²) in [6.45, 7) is 1.29. The fourth-order valence-corrected chi connectivity index (χ4v) is 2.46. The highest BCUT2D eigenvalue weighted by Crippen LogP contribution is 2.16. The normalized spacial score (nSPS) is 19.2. The number of hydrogen-bond donors (Lipinski definition) is 2. The van der Waals surface area contributed by atoms with E-state index in [9.17, 15) is 9.90 Å². The van der Waals surface area contributed by atoms with Crippen molar-refractivity contribution in [2.24, 2.45) is 0 Å². The van der Waals surface area contributed by atoms with Gasteiger partial charge in [-0.05, 0) is 24.8 Å². The van der Waals surface area contributed by atoms with Crippen molar-refractivity contribution in [1.82, 2.24) is 10.2 Å². The second kappa shape index (κ2) is 7.70. The van der Waals surface area contributed by atoms with E-state index in [1.165, 1.54) is 0 Å². The van der Waals surface area contributed by atoms with Gasteiger partial charge in [-0.25, -0.2) is 4.79 Å². The Kier molecular flexibility index (Phi) is 5.62. The predicted octanol–water partition coefficient (Wildman–Crippen LogP) is 2.26. The van der Waals surface area contributed by atoms with Gasteiger partial charge in [0.05, 0.1) is 12.6 Å². The molecule has 2 amide bonds. The molecule has 1 aromatic rings. The first-order valence-electron chi connectivity index (χ1n) is 7.18. The molecule has 1 atom stereocenters. The Morgan fingerprint density at radius 3 is 2.90 bits per heavy atom. The maximum absolute atomic E-state index is 12.0. The fourth-order valence-electron chi connectivity index (χ4n) is 2.46. The van der Waals surface area contributed by atoms with Crippen molar-refractivity contribution >= 4 is 12.1 Å². The highest BCUT2D eigenvalue weighted by Gasteiger charge is 2.25. The summed E-state index contributed by atoms with van der Waals surface area (Å²) in [6, 6.07) is 9.87. The lowest BCUT2D eigenvalue weighted by atomic mass is 10.0. The van der Waals surface area contributed by atoms with Gasteiger partial charge in [-0.2, -0.15) is 0 Å². The monoisotopic (exact) mass is 274 g/mol. The van der Waals surface area contributed by atoms with Crippen LogP contribution in [0.4, 0.5) is 4.79 Å². The molecule has 1 unspecified atom stereocenters. The molecule has 0 aliphatic carbocycles. The molecular weight excluding hydrogens is 252 g/mol. The molecule has 1 aliphatic heterocycles. The number of rotatable bonds is 4. The molecule has 4 nitrogen and oxygen atoms in total. The van der Waals surface area contributed by atoms with Crippen LogP contribution in [0.15, 0.2) is 36.4 Å². The van der Waals surface area contributed by atoms with Gasteiger partial charge in [0.15, 0.2) is 0 Å². The molecular formula is C16H22N2O2. The minimum absolute atomic E-state index is 0.0261. The summed E-state index contributed by atoms with van der Waals surface area (Å²) in [5.74, 6) is 0. The number of carbonyl (C=O) groups excluding carboxylic acids is 1. The van der Waals surface area contributed by atoms with E-state index in [1.54, 1.807) is 4.90 Å². The van der Waals surface area contributed by atoms with E-state index in [1.807, 2.05) is 42.5 Å². The zero-order chi connectivity index (χ0) is 14.2. The van der Waals surface area contributed by atoms with E-state index < -0.39 is 0 Å². The molecule has 2 rings (SSSR count). The molecule has 1 aromatic carbocycles. The molecule has 20 heavy (non-hydrogen) atoms. The third-order valence-corrected chi connectivity index (χ3v) is 3.58. The molecule has 1 heterocycles. The van der Waals surface area contributed by atoms with Gasteiger partial charge in [-0.3, -0.25) is 0 Å². The maximum Gasteiger partial charge on any atom is 0.317 e. The number of benzene rings is 1. The number of aliphatic hydroxyl groups is 1. The van der Waals surface area contributed by atoms with Crippen LogP contribution < -0.4 is 5.32 Å². The molecule has 0 bridgehead atoms. The molecule has 4 heteroatoms. The highest BCUT2D eigenvalue weighted by molar-refractivity contribution is 5.75. The van der Waals surface area contributed by atoms with E-state index in [4.69, 9.17) is 0 Å². The van der Waals surface area contributed by atoms with Crippen molar-refractivity contribution in [1.29, 1.82) is 0 Å². The van der Waals surface area contributed by atoms with Gasteiger partial charge in [0.1, 0.15) is 0 Å². The summed E-state index contributed by atoms with van der Waals surface area (Å²) in [4.78, 5) is 13.8. The third kappa shape index (κ3) is 4.10. The van der Waals surface area contributed by atoms with Crippen LogP contribution in [0.3, 0.4) is 0 Å². The number of nitrogens with zero attached hydrogens (tertiary/aromatic N) is 1. The Morgan fingerprint density at radius 1 is 1.35 bits per heavy atom. The number of carbonyl (C=O) groups is 1. The Bertz CT molecular complexity index is 445. The first kappa shape index (κ1) is 14.6. The molecule has 1 aliphatic rings. The number of likely N-dealkylation sites (tertiary alicyclic amines) is 1. The van der Waals surface area contributed by atoms with Gasteiger partial charge >= 0.3 is 6.03 Å². The van der Waals surface area contributed by atoms with E-state index in [0.29, 0.717) is 6.54 Å². The SMILES string of the molecule is O=C(NC/C=C/c1ccccc1)N1CCCCC1CO. The lowest BCUT2D eigenvalue weighted by Crippen LogP contribution is -2.50. The van der Waals surface area contributed by atoms with Crippen LogP contribution in [0.25, 0.3) is 6.08 Å². The average Bonchev–Trinajstić information content (AvgIpc) is 2.52. The molecule has 0 saturated carbocycles. The molecule has 108 valence electrons. The molecule has 1 fully saturated rings. The standard InChI is InChI=1S/C16H22N2O2/c19-13-15-10-4-5-12-18(15)16(20)17-11-6-9-14-7-2-1-3-8-14/h1-3,6-9,15,19H,4-5,10-13H2,(H,17,20)/b9-6+. The number of hydrogen-bond acceptors (Lipinski definition) is 2. The Hall–Kier alpha value is -1.81. The molecule has 1 saturated heterocycles. The largest absolute Gasteiger partial charge is 0.394 e. The highest BCUT2D eigenvalue weighted by atomic mass is 16.3. The number of nitrogens with one attached hydrogen (secondary N) is 1. The first-order chi connectivity index (χ1) is 9.81. The predicted molar refractivity (Wildman–Crippen MR) is 80.3 cm³/mol. The number of amides is 2. The van der Waals surface area contributed by atoms with Crippen LogP contribution in [0.1, 0.15) is 24.8 Å². The van der Waals surface area contributed by atoms with Gasteiger partial charge in [-0.15, -0.1) is 0 Å². The van der Waals surface area contributed by atoms with Gasteiger partial charge in [0.2, 0.25) is 0 Å². The first-order valence-corrected chi connectivity index (χ1v) is 7.18. The second-order valence-corrected chi connectivity index (χ2v) is 5.02. The fraction of sp³-hybridized carbons (Fsp3) is 0.438. The topological polar surface area (TPSA) is 52.6 Å².